The molecule has 2 aromatic rings. The van der Waals surface area contributed by atoms with Crippen molar-refractivity contribution in [2.24, 2.45) is 0 Å². The van der Waals surface area contributed by atoms with Crippen molar-refractivity contribution in [2.45, 2.75) is 32.2 Å². The Hall–Kier alpha value is -1.39. The van der Waals surface area contributed by atoms with Gasteiger partial charge < -0.3 is 5.11 Å². The monoisotopic (exact) mass is 279 g/mol. The molecule has 0 amide bonds. The molecule has 1 atom stereocenters. The molecule has 0 saturated heterocycles. The minimum atomic E-state index is -0.0477. The van der Waals surface area contributed by atoms with E-state index in [0.29, 0.717) is 11.4 Å². The molecule has 0 spiro atoms. The van der Waals surface area contributed by atoms with Crippen LogP contribution >= 0.6 is 11.6 Å². The van der Waals surface area contributed by atoms with Crippen LogP contribution in [0.25, 0.3) is 0 Å². The van der Waals surface area contributed by atoms with Gasteiger partial charge in [-0.25, -0.2) is 4.98 Å². The lowest BCUT2D eigenvalue weighted by Gasteiger charge is -2.16. The predicted octanol–water partition coefficient (Wildman–Crippen LogP) is 2.66. The van der Waals surface area contributed by atoms with Crippen molar-refractivity contribution < 1.29 is 5.11 Å². The Morgan fingerprint density at radius 3 is 2.84 bits per heavy atom. The van der Waals surface area contributed by atoms with Gasteiger partial charge in [-0.2, -0.15) is 5.10 Å². The van der Waals surface area contributed by atoms with E-state index < -0.39 is 0 Å². The molecule has 1 aromatic heterocycles. The third-order valence-electron chi connectivity index (χ3n) is 3.13. The fourth-order valence-electron chi connectivity index (χ4n) is 2.14. The van der Waals surface area contributed by atoms with E-state index >= 15 is 0 Å². The highest BCUT2D eigenvalue weighted by Crippen LogP contribution is 2.26. The van der Waals surface area contributed by atoms with Gasteiger partial charge in [0.2, 0.25) is 0 Å². The summed E-state index contributed by atoms with van der Waals surface area (Å²) in [5, 5.41) is 14.5. The van der Waals surface area contributed by atoms with Gasteiger partial charge in [-0.3, -0.25) is 4.68 Å². The summed E-state index contributed by atoms with van der Waals surface area (Å²) in [6.45, 7) is 2.99. The van der Waals surface area contributed by atoms with E-state index in [0.717, 1.165) is 24.4 Å². The molecule has 1 heterocycles. The quantitative estimate of drug-likeness (QED) is 0.884. The lowest BCUT2D eigenvalue weighted by atomic mass is 9.96. The van der Waals surface area contributed by atoms with Gasteiger partial charge in [-0.15, -0.1) is 0 Å². The first-order valence-electron chi connectivity index (χ1n) is 6.48. The first-order valence-corrected chi connectivity index (χ1v) is 6.86. The van der Waals surface area contributed by atoms with Gasteiger partial charge in [0.15, 0.2) is 0 Å². The summed E-state index contributed by atoms with van der Waals surface area (Å²) in [7, 11) is 0. The molecule has 1 aromatic carbocycles. The molecule has 102 valence electrons. The van der Waals surface area contributed by atoms with E-state index in [9.17, 15) is 5.11 Å². The second-order valence-corrected chi connectivity index (χ2v) is 4.91. The van der Waals surface area contributed by atoms with Gasteiger partial charge >= 0.3 is 0 Å². The minimum absolute atomic E-state index is 0.0444. The molecule has 4 nitrogen and oxygen atoms in total. The number of rotatable bonds is 6. The number of aryl methyl sites for hydroxylation is 1. The van der Waals surface area contributed by atoms with Crippen LogP contribution in [0.5, 0.6) is 0 Å². The number of nitrogens with zero attached hydrogens (tertiary/aromatic N) is 3. The number of aliphatic hydroxyl groups is 1. The molecule has 0 fully saturated rings. The number of hydrogen-bond acceptors (Lipinski definition) is 3. The highest BCUT2D eigenvalue weighted by atomic mass is 35.5. The molecule has 0 saturated carbocycles. The SMILES string of the molecule is CCCn1ncnc1CC(CO)c1ccccc1Cl. The van der Waals surface area contributed by atoms with E-state index in [4.69, 9.17) is 11.6 Å². The summed E-state index contributed by atoms with van der Waals surface area (Å²) in [5.41, 5.74) is 0.956. The Labute approximate surface area is 118 Å². The van der Waals surface area contributed by atoms with Gasteiger partial charge in [-0.05, 0) is 18.1 Å². The number of hydrogen-bond donors (Lipinski definition) is 1. The molecule has 19 heavy (non-hydrogen) atoms. The summed E-state index contributed by atoms with van der Waals surface area (Å²) in [6.07, 6.45) is 3.21. The zero-order valence-corrected chi connectivity index (χ0v) is 11.7. The van der Waals surface area contributed by atoms with Gasteiger partial charge in [-0.1, -0.05) is 36.7 Å². The normalized spacial score (nSPS) is 12.6. The van der Waals surface area contributed by atoms with Crippen LogP contribution in [0.4, 0.5) is 0 Å². The van der Waals surface area contributed by atoms with Crippen LogP contribution in [0.1, 0.15) is 30.7 Å². The molecule has 1 N–H and O–H groups in total. The number of halogens is 1. The fourth-order valence-corrected chi connectivity index (χ4v) is 2.43. The third-order valence-corrected chi connectivity index (χ3v) is 3.47. The van der Waals surface area contributed by atoms with Crippen LogP contribution in [0.15, 0.2) is 30.6 Å². The molecule has 0 aliphatic carbocycles. The first kappa shape index (κ1) is 14.0. The smallest absolute Gasteiger partial charge is 0.138 e. The Balaban J connectivity index is 2.19. The van der Waals surface area contributed by atoms with E-state index in [1.807, 2.05) is 28.9 Å². The zero-order valence-electron chi connectivity index (χ0n) is 11.0. The van der Waals surface area contributed by atoms with Crippen molar-refractivity contribution >= 4 is 11.6 Å². The van der Waals surface area contributed by atoms with Crippen LogP contribution in [0, 0.1) is 0 Å². The van der Waals surface area contributed by atoms with Crippen LogP contribution in [-0.2, 0) is 13.0 Å². The lowest BCUT2D eigenvalue weighted by molar-refractivity contribution is 0.262. The van der Waals surface area contributed by atoms with Gasteiger partial charge in [0.1, 0.15) is 12.2 Å². The summed E-state index contributed by atoms with van der Waals surface area (Å²) in [5.74, 6) is 0.842. The van der Waals surface area contributed by atoms with Crippen molar-refractivity contribution in [3.05, 3.63) is 47.0 Å². The molecule has 0 aliphatic rings. The average Bonchev–Trinajstić information content (AvgIpc) is 2.85. The van der Waals surface area contributed by atoms with E-state index in [2.05, 4.69) is 17.0 Å². The Bertz CT molecular complexity index is 527. The standard InChI is InChI=1S/C14H18ClN3O/c1-2-7-18-14(16-10-17-18)8-11(9-19)12-5-3-4-6-13(12)15/h3-6,10-11,19H,2,7-9H2,1H3. The molecule has 0 radical (unpaired) electrons. The largest absolute Gasteiger partial charge is 0.396 e. The van der Waals surface area contributed by atoms with Crippen LogP contribution in [0.2, 0.25) is 5.02 Å². The number of aromatic nitrogens is 3. The molecule has 0 bridgehead atoms. The van der Waals surface area contributed by atoms with E-state index in [-0.39, 0.29) is 12.5 Å². The zero-order chi connectivity index (χ0) is 13.7. The molecular weight excluding hydrogens is 262 g/mol. The minimum Gasteiger partial charge on any atom is -0.396 e. The van der Waals surface area contributed by atoms with Crippen LogP contribution in [0.3, 0.4) is 0 Å². The van der Waals surface area contributed by atoms with Crippen molar-refractivity contribution in [2.75, 3.05) is 6.61 Å². The highest BCUT2D eigenvalue weighted by molar-refractivity contribution is 6.31. The van der Waals surface area contributed by atoms with E-state index in [1.54, 1.807) is 6.33 Å². The molecule has 2 rings (SSSR count). The maximum Gasteiger partial charge on any atom is 0.138 e. The number of aliphatic hydroxyl groups excluding tert-OH is 1. The maximum atomic E-state index is 9.61. The summed E-state index contributed by atoms with van der Waals surface area (Å²) >= 11 is 6.18. The van der Waals surface area contributed by atoms with Crippen LogP contribution < -0.4 is 0 Å². The molecule has 5 heteroatoms. The van der Waals surface area contributed by atoms with Gasteiger partial charge in [0.25, 0.3) is 0 Å². The summed E-state index contributed by atoms with van der Waals surface area (Å²) in [4.78, 5) is 4.28. The van der Waals surface area contributed by atoms with E-state index in [1.165, 1.54) is 0 Å². The van der Waals surface area contributed by atoms with Crippen molar-refractivity contribution in [3.63, 3.8) is 0 Å². The van der Waals surface area contributed by atoms with Crippen molar-refractivity contribution in [1.29, 1.82) is 0 Å². The average molecular weight is 280 g/mol. The van der Waals surface area contributed by atoms with Crippen molar-refractivity contribution in [3.8, 4) is 0 Å². The molecule has 0 aliphatic heterocycles. The lowest BCUT2D eigenvalue weighted by Crippen LogP contribution is -2.13. The second-order valence-electron chi connectivity index (χ2n) is 4.50. The maximum absolute atomic E-state index is 9.61. The highest BCUT2D eigenvalue weighted by Gasteiger charge is 2.17. The van der Waals surface area contributed by atoms with Crippen LogP contribution in [-0.4, -0.2) is 26.5 Å². The molecule has 1 unspecified atom stereocenters. The third kappa shape index (κ3) is 3.33. The summed E-state index contributed by atoms with van der Waals surface area (Å²) < 4.78 is 1.89. The Kier molecular flexibility index (Phi) is 4.93. The Morgan fingerprint density at radius 1 is 1.37 bits per heavy atom. The van der Waals surface area contributed by atoms with Gasteiger partial charge in [0, 0.05) is 23.9 Å². The van der Waals surface area contributed by atoms with Crippen molar-refractivity contribution in [1.82, 2.24) is 14.8 Å². The fraction of sp³-hybridized carbons (Fsp3) is 0.429. The predicted molar refractivity (Wildman–Crippen MR) is 75.3 cm³/mol. The second kappa shape index (κ2) is 6.68. The first-order chi connectivity index (χ1) is 9.26. The molecular formula is C14H18ClN3O. The number of benzene rings is 1. The summed E-state index contributed by atoms with van der Waals surface area (Å²) in [6, 6.07) is 7.61. The van der Waals surface area contributed by atoms with Gasteiger partial charge in [0.05, 0.1) is 6.61 Å². The topological polar surface area (TPSA) is 50.9 Å². The Morgan fingerprint density at radius 2 is 2.16 bits per heavy atom.